The van der Waals surface area contributed by atoms with Crippen LogP contribution in [-0.4, -0.2) is 18.8 Å². The molecule has 1 aliphatic rings. The number of nitrogens with one attached hydrogen (secondary N) is 1. The smallest absolute Gasteiger partial charge is 0.0876 e. The molecule has 0 aromatic heterocycles. The molecule has 1 saturated carbocycles. The Morgan fingerprint density at radius 3 is 2.58 bits per heavy atom. The van der Waals surface area contributed by atoms with Crippen LogP contribution in [0.3, 0.4) is 0 Å². The fourth-order valence-corrected chi connectivity index (χ4v) is 3.44. The Morgan fingerprint density at radius 1 is 1.26 bits per heavy atom. The van der Waals surface area contributed by atoms with Crippen LogP contribution in [0.1, 0.15) is 56.7 Å². The van der Waals surface area contributed by atoms with E-state index in [4.69, 9.17) is 4.74 Å². The lowest BCUT2D eigenvalue weighted by Gasteiger charge is -2.38. The first-order valence-corrected chi connectivity index (χ1v) is 7.66. The average molecular weight is 261 g/mol. The highest BCUT2D eigenvalue weighted by Gasteiger charge is 2.42. The van der Waals surface area contributed by atoms with Gasteiger partial charge in [0.05, 0.1) is 11.6 Å². The van der Waals surface area contributed by atoms with Crippen LogP contribution >= 0.6 is 0 Å². The molecule has 19 heavy (non-hydrogen) atoms. The first-order chi connectivity index (χ1) is 9.22. The van der Waals surface area contributed by atoms with Crippen LogP contribution in [0.2, 0.25) is 0 Å². The summed E-state index contributed by atoms with van der Waals surface area (Å²) in [7, 11) is 0. The Labute approximate surface area is 117 Å². The van der Waals surface area contributed by atoms with Crippen LogP contribution < -0.4 is 5.32 Å². The number of benzene rings is 1. The molecule has 0 saturated heterocycles. The summed E-state index contributed by atoms with van der Waals surface area (Å²) < 4.78 is 6.24. The second-order valence-electron chi connectivity index (χ2n) is 5.61. The van der Waals surface area contributed by atoms with Crippen LogP contribution in [0.5, 0.6) is 0 Å². The van der Waals surface area contributed by atoms with E-state index in [1.54, 1.807) is 0 Å². The molecular formula is C17H27NO. The van der Waals surface area contributed by atoms with Gasteiger partial charge >= 0.3 is 0 Å². The van der Waals surface area contributed by atoms with Gasteiger partial charge in [-0.2, -0.15) is 0 Å². The normalized spacial score (nSPS) is 19.5. The van der Waals surface area contributed by atoms with Gasteiger partial charge in [-0.15, -0.1) is 0 Å². The first kappa shape index (κ1) is 14.5. The molecule has 106 valence electrons. The van der Waals surface area contributed by atoms with Crippen LogP contribution in [0.15, 0.2) is 24.3 Å². The Hall–Kier alpha value is -0.860. The Balaban J connectivity index is 2.32. The van der Waals surface area contributed by atoms with Crippen molar-refractivity contribution in [1.29, 1.82) is 0 Å². The minimum atomic E-state index is -0.00144. The molecule has 0 aliphatic heterocycles. The van der Waals surface area contributed by atoms with Crippen molar-refractivity contribution < 1.29 is 4.74 Å². The highest BCUT2D eigenvalue weighted by molar-refractivity contribution is 5.28. The van der Waals surface area contributed by atoms with Crippen molar-refractivity contribution in [2.45, 2.75) is 58.1 Å². The Morgan fingerprint density at radius 2 is 2.00 bits per heavy atom. The van der Waals surface area contributed by atoms with Gasteiger partial charge in [0.2, 0.25) is 0 Å². The quantitative estimate of drug-likeness (QED) is 0.836. The van der Waals surface area contributed by atoms with E-state index in [0.717, 1.165) is 13.2 Å². The molecule has 1 aromatic carbocycles. The van der Waals surface area contributed by atoms with E-state index in [-0.39, 0.29) is 5.60 Å². The summed E-state index contributed by atoms with van der Waals surface area (Å²) in [5.74, 6) is 0. The largest absolute Gasteiger partial charge is 0.373 e. The average Bonchev–Trinajstić information content (AvgIpc) is 2.86. The molecule has 2 nitrogen and oxygen atoms in total. The molecule has 1 N–H and O–H groups in total. The van der Waals surface area contributed by atoms with E-state index in [0.29, 0.717) is 6.04 Å². The van der Waals surface area contributed by atoms with Gasteiger partial charge in [-0.05, 0) is 38.8 Å². The maximum atomic E-state index is 6.24. The molecule has 0 bridgehead atoms. The Kier molecular flexibility index (Phi) is 5.00. The molecule has 2 rings (SSSR count). The number of aryl methyl sites for hydroxylation is 1. The lowest BCUT2D eigenvalue weighted by molar-refractivity contribution is -0.0623. The lowest BCUT2D eigenvalue weighted by Crippen LogP contribution is -2.44. The molecule has 1 unspecified atom stereocenters. The van der Waals surface area contributed by atoms with Gasteiger partial charge in [0, 0.05) is 6.61 Å². The van der Waals surface area contributed by atoms with Crippen LogP contribution in [0.25, 0.3) is 0 Å². The van der Waals surface area contributed by atoms with E-state index >= 15 is 0 Å². The van der Waals surface area contributed by atoms with Gasteiger partial charge in [0.25, 0.3) is 0 Å². The van der Waals surface area contributed by atoms with Crippen molar-refractivity contribution in [2.24, 2.45) is 0 Å². The van der Waals surface area contributed by atoms with Crippen molar-refractivity contribution in [3.63, 3.8) is 0 Å². The first-order valence-electron chi connectivity index (χ1n) is 7.66. The zero-order valence-corrected chi connectivity index (χ0v) is 12.5. The zero-order valence-electron chi connectivity index (χ0n) is 12.5. The second kappa shape index (κ2) is 6.53. The second-order valence-corrected chi connectivity index (χ2v) is 5.61. The van der Waals surface area contributed by atoms with Gasteiger partial charge in [0.15, 0.2) is 0 Å². The number of hydrogen-bond acceptors (Lipinski definition) is 2. The maximum Gasteiger partial charge on any atom is 0.0876 e. The summed E-state index contributed by atoms with van der Waals surface area (Å²) in [6.45, 7) is 8.23. The Bertz CT molecular complexity index is 396. The third kappa shape index (κ3) is 3.18. The summed E-state index contributed by atoms with van der Waals surface area (Å²) in [5.41, 5.74) is 2.70. The minimum absolute atomic E-state index is 0.00144. The maximum absolute atomic E-state index is 6.24. The van der Waals surface area contributed by atoms with E-state index in [1.807, 2.05) is 0 Å². The summed E-state index contributed by atoms with van der Waals surface area (Å²) in [6, 6.07) is 9.17. The van der Waals surface area contributed by atoms with E-state index < -0.39 is 0 Å². The summed E-state index contributed by atoms with van der Waals surface area (Å²) in [4.78, 5) is 0. The van der Waals surface area contributed by atoms with Gasteiger partial charge in [0.1, 0.15) is 0 Å². The van der Waals surface area contributed by atoms with E-state index in [2.05, 4.69) is 50.4 Å². The van der Waals surface area contributed by atoms with Gasteiger partial charge in [-0.3, -0.25) is 0 Å². The highest BCUT2D eigenvalue weighted by Crippen LogP contribution is 2.43. The molecule has 1 aliphatic carbocycles. The van der Waals surface area contributed by atoms with Crippen molar-refractivity contribution >= 4 is 0 Å². The number of likely N-dealkylation sites (N-methyl/N-ethyl adjacent to an activating group) is 1. The van der Waals surface area contributed by atoms with E-state index in [9.17, 15) is 0 Å². The van der Waals surface area contributed by atoms with Crippen LogP contribution in [0, 0.1) is 6.92 Å². The summed E-state index contributed by atoms with van der Waals surface area (Å²) >= 11 is 0. The minimum Gasteiger partial charge on any atom is -0.373 e. The fraction of sp³-hybridized carbons (Fsp3) is 0.647. The highest BCUT2D eigenvalue weighted by atomic mass is 16.5. The SMILES string of the molecule is CCNC(c1cccc(C)c1)C1(OCC)CCCC1. The molecule has 0 heterocycles. The topological polar surface area (TPSA) is 21.3 Å². The molecule has 2 heteroatoms. The third-order valence-electron chi connectivity index (χ3n) is 4.19. The van der Waals surface area contributed by atoms with Crippen LogP contribution in [0.4, 0.5) is 0 Å². The standard InChI is InChI=1S/C17H27NO/c1-4-18-16(15-10-8-9-14(3)13-15)17(19-5-2)11-6-7-12-17/h8-10,13,16,18H,4-7,11-12H2,1-3H3. The monoisotopic (exact) mass is 261 g/mol. The number of ether oxygens (including phenoxy) is 1. The summed E-state index contributed by atoms with van der Waals surface area (Å²) in [6.07, 6.45) is 4.92. The van der Waals surface area contributed by atoms with Gasteiger partial charge in [-0.25, -0.2) is 0 Å². The number of hydrogen-bond donors (Lipinski definition) is 1. The van der Waals surface area contributed by atoms with Crippen LogP contribution in [-0.2, 0) is 4.74 Å². The molecule has 1 aromatic rings. The third-order valence-corrected chi connectivity index (χ3v) is 4.19. The predicted molar refractivity (Wildman–Crippen MR) is 80.4 cm³/mol. The molecule has 1 atom stereocenters. The zero-order chi connectivity index (χ0) is 13.7. The molecule has 0 amide bonds. The fourth-order valence-electron chi connectivity index (χ4n) is 3.44. The van der Waals surface area contributed by atoms with E-state index in [1.165, 1.54) is 36.8 Å². The molecule has 0 spiro atoms. The van der Waals surface area contributed by atoms with Gasteiger partial charge < -0.3 is 10.1 Å². The molecule has 1 fully saturated rings. The molecule has 0 radical (unpaired) electrons. The van der Waals surface area contributed by atoms with Crippen molar-refractivity contribution in [2.75, 3.05) is 13.2 Å². The number of rotatable bonds is 6. The van der Waals surface area contributed by atoms with Crippen molar-refractivity contribution in [1.82, 2.24) is 5.32 Å². The summed E-state index contributed by atoms with van der Waals surface area (Å²) in [5, 5.41) is 3.67. The predicted octanol–water partition coefficient (Wildman–Crippen LogP) is 3.99. The van der Waals surface area contributed by atoms with Crippen molar-refractivity contribution in [3.8, 4) is 0 Å². The van der Waals surface area contributed by atoms with Gasteiger partial charge in [-0.1, -0.05) is 49.6 Å². The molecular weight excluding hydrogens is 234 g/mol. The van der Waals surface area contributed by atoms with Crippen molar-refractivity contribution in [3.05, 3.63) is 35.4 Å². The lowest BCUT2D eigenvalue weighted by atomic mass is 9.86.